The first kappa shape index (κ1) is 17.6. The summed E-state index contributed by atoms with van der Waals surface area (Å²) in [6, 6.07) is 6.76. The Bertz CT molecular complexity index is 632. The molecule has 25 heavy (non-hydrogen) atoms. The molecule has 1 unspecified atom stereocenters. The zero-order valence-electron chi connectivity index (χ0n) is 14.6. The fourth-order valence-corrected chi connectivity index (χ4v) is 3.34. The molecule has 0 saturated carbocycles. The van der Waals surface area contributed by atoms with Crippen molar-refractivity contribution in [1.82, 2.24) is 9.80 Å². The van der Waals surface area contributed by atoms with Gasteiger partial charge in [-0.25, -0.2) is 0 Å². The zero-order chi connectivity index (χ0) is 17.8. The third-order valence-electron chi connectivity index (χ3n) is 4.91. The van der Waals surface area contributed by atoms with Crippen LogP contribution in [-0.2, 0) is 9.53 Å². The minimum atomic E-state index is -0.313. The summed E-state index contributed by atoms with van der Waals surface area (Å²) < 4.78 is 5.68. The van der Waals surface area contributed by atoms with Crippen molar-refractivity contribution in [3.63, 3.8) is 0 Å². The van der Waals surface area contributed by atoms with E-state index in [0.29, 0.717) is 17.7 Å². The zero-order valence-corrected chi connectivity index (χ0v) is 14.6. The molecule has 2 aliphatic rings. The lowest BCUT2D eigenvalue weighted by Gasteiger charge is -2.25. The van der Waals surface area contributed by atoms with Crippen LogP contribution < -0.4 is 0 Å². The summed E-state index contributed by atoms with van der Waals surface area (Å²) in [7, 11) is 1.76. The second-order valence-electron chi connectivity index (χ2n) is 6.65. The van der Waals surface area contributed by atoms with Gasteiger partial charge in [0.25, 0.3) is 11.8 Å². The van der Waals surface area contributed by atoms with Gasteiger partial charge in [0.15, 0.2) is 0 Å². The average Bonchev–Trinajstić information content (AvgIpc) is 2.89. The highest BCUT2D eigenvalue weighted by molar-refractivity contribution is 6.21. The molecule has 0 aromatic heterocycles. The van der Waals surface area contributed by atoms with E-state index in [-0.39, 0.29) is 36.8 Å². The number of rotatable bonds is 6. The Kier molecular flexibility index (Phi) is 5.48. The normalized spacial score (nSPS) is 19.9. The molecule has 2 aliphatic heterocycles. The van der Waals surface area contributed by atoms with Crippen molar-refractivity contribution in [3.05, 3.63) is 35.4 Å². The SMILES string of the molecule is CN(CCC1CCCCO1)C(=O)CCN1C(=O)c2ccccc2C1=O. The van der Waals surface area contributed by atoms with Crippen LogP contribution in [0, 0.1) is 0 Å². The number of nitrogens with zero attached hydrogens (tertiary/aromatic N) is 2. The second-order valence-corrected chi connectivity index (χ2v) is 6.65. The summed E-state index contributed by atoms with van der Waals surface area (Å²) in [6.07, 6.45) is 4.56. The maximum Gasteiger partial charge on any atom is 0.261 e. The lowest BCUT2D eigenvalue weighted by molar-refractivity contribution is -0.130. The highest BCUT2D eigenvalue weighted by Gasteiger charge is 2.35. The van der Waals surface area contributed by atoms with Gasteiger partial charge >= 0.3 is 0 Å². The van der Waals surface area contributed by atoms with Crippen LogP contribution in [0.1, 0.15) is 52.8 Å². The van der Waals surface area contributed by atoms with Crippen molar-refractivity contribution in [3.8, 4) is 0 Å². The molecule has 1 aromatic rings. The minimum absolute atomic E-state index is 0.0626. The van der Waals surface area contributed by atoms with Gasteiger partial charge in [-0.05, 0) is 37.8 Å². The van der Waals surface area contributed by atoms with E-state index in [0.717, 1.165) is 25.9 Å². The molecule has 1 saturated heterocycles. The Morgan fingerprint density at radius 3 is 2.48 bits per heavy atom. The lowest BCUT2D eigenvalue weighted by Crippen LogP contribution is -2.36. The molecular formula is C19H24N2O4. The summed E-state index contributed by atoms with van der Waals surface area (Å²) in [5.41, 5.74) is 0.838. The van der Waals surface area contributed by atoms with E-state index in [1.807, 2.05) is 0 Å². The molecule has 6 heteroatoms. The highest BCUT2D eigenvalue weighted by atomic mass is 16.5. The van der Waals surface area contributed by atoms with Crippen molar-refractivity contribution >= 4 is 17.7 Å². The summed E-state index contributed by atoms with van der Waals surface area (Å²) in [5, 5.41) is 0. The van der Waals surface area contributed by atoms with E-state index >= 15 is 0 Å². The van der Waals surface area contributed by atoms with Gasteiger partial charge in [0.1, 0.15) is 0 Å². The van der Waals surface area contributed by atoms with Crippen LogP contribution in [0.25, 0.3) is 0 Å². The number of carbonyl (C=O) groups excluding carboxylic acids is 3. The van der Waals surface area contributed by atoms with Crippen LogP contribution in [-0.4, -0.2) is 60.4 Å². The number of hydrogen-bond donors (Lipinski definition) is 0. The Morgan fingerprint density at radius 2 is 1.88 bits per heavy atom. The molecule has 3 amide bonds. The van der Waals surface area contributed by atoms with Crippen LogP contribution >= 0.6 is 0 Å². The first-order valence-corrected chi connectivity index (χ1v) is 8.88. The average molecular weight is 344 g/mol. The van der Waals surface area contributed by atoms with Crippen molar-refractivity contribution in [2.75, 3.05) is 26.7 Å². The predicted molar refractivity (Wildman–Crippen MR) is 92.3 cm³/mol. The Morgan fingerprint density at radius 1 is 1.20 bits per heavy atom. The van der Waals surface area contributed by atoms with Crippen LogP contribution in [0.5, 0.6) is 0 Å². The summed E-state index contributed by atoms with van der Waals surface area (Å²) in [4.78, 5) is 39.7. The van der Waals surface area contributed by atoms with E-state index < -0.39 is 0 Å². The molecule has 1 atom stereocenters. The molecule has 0 N–H and O–H groups in total. The van der Waals surface area contributed by atoms with Gasteiger partial charge in [-0.1, -0.05) is 12.1 Å². The number of hydrogen-bond acceptors (Lipinski definition) is 4. The molecule has 0 radical (unpaired) electrons. The largest absolute Gasteiger partial charge is 0.378 e. The Labute approximate surface area is 147 Å². The smallest absolute Gasteiger partial charge is 0.261 e. The van der Waals surface area contributed by atoms with Gasteiger partial charge in [0.05, 0.1) is 17.2 Å². The first-order valence-electron chi connectivity index (χ1n) is 8.88. The fraction of sp³-hybridized carbons (Fsp3) is 0.526. The van der Waals surface area contributed by atoms with Crippen LogP contribution in [0.15, 0.2) is 24.3 Å². The number of ether oxygens (including phenoxy) is 1. The maximum absolute atomic E-state index is 12.3. The van der Waals surface area contributed by atoms with E-state index in [2.05, 4.69) is 0 Å². The van der Waals surface area contributed by atoms with Crippen molar-refractivity contribution < 1.29 is 19.1 Å². The third kappa shape index (κ3) is 3.90. The number of imide groups is 1. The van der Waals surface area contributed by atoms with Gasteiger partial charge < -0.3 is 9.64 Å². The molecule has 134 valence electrons. The fourth-order valence-electron chi connectivity index (χ4n) is 3.34. The minimum Gasteiger partial charge on any atom is -0.378 e. The van der Waals surface area contributed by atoms with Gasteiger partial charge in [-0.3, -0.25) is 19.3 Å². The van der Waals surface area contributed by atoms with Crippen molar-refractivity contribution in [2.24, 2.45) is 0 Å². The summed E-state index contributed by atoms with van der Waals surface area (Å²) >= 11 is 0. The standard InChI is InChI=1S/C19H24N2O4/c1-20(11-9-14-6-4-5-13-25-14)17(22)10-12-21-18(23)15-7-2-3-8-16(15)19(21)24/h2-3,7-8,14H,4-6,9-13H2,1H3. The molecule has 0 bridgehead atoms. The molecule has 1 fully saturated rings. The number of amides is 3. The molecule has 6 nitrogen and oxygen atoms in total. The monoisotopic (exact) mass is 344 g/mol. The van der Waals surface area contributed by atoms with E-state index in [9.17, 15) is 14.4 Å². The van der Waals surface area contributed by atoms with Crippen molar-refractivity contribution in [1.29, 1.82) is 0 Å². The second kappa shape index (κ2) is 7.78. The predicted octanol–water partition coefficient (Wildman–Crippen LogP) is 2.09. The van der Waals surface area contributed by atoms with Gasteiger partial charge in [-0.15, -0.1) is 0 Å². The molecule has 0 aliphatic carbocycles. The van der Waals surface area contributed by atoms with E-state index in [1.165, 1.54) is 11.3 Å². The maximum atomic E-state index is 12.3. The highest BCUT2D eigenvalue weighted by Crippen LogP contribution is 2.22. The quantitative estimate of drug-likeness (QED) is 0.741. The Balaban J connectivity index is 1.47. The molecule has 3 rings (SSSR count). The van der Waals surface area contributed by atoms with Crippen molar-refractivity contribution in [2.45, 2.75) is 38.2 Å². The van der Waals surface area contributed by atoms with Gasteiger partial charge in [0, 0.05) is 33.2 Å². The van der Waals surface area contributed by atoms with Crippen LogP contribution in [0.2, 0.25) is 0 Å². The van der Waals surface area contributed by atoms with Gasteiger partial charge in [0.2, 0.25) is 5.91 Å². The van der Waals surface area contributed by atoms with E-state index in [4.69, 9.17) is 4.74 Å². The molecular weight excluding hydrogens is 320 g/mol. The lowest BCUT2D eigenvalue weighted by atomic mass is 10.1. The number of benzene rings is 1. The molecule has 1 aromatic carbocycles. The third-order valence-corrected chi connectivity index (χ3v) is 4.91. The summed E-state index contributed by atoms with van der Waals surface area (Å²) in [6.45, 7) is 1.56. The number of fused-ring (bicyclic) bond motifs is 1. The van der Waals surface area contributed by atoms with E-state index in [1.54, 1.807) is 36.2 Å². The molecule has 0 spiro atoms. The molecule has 2 heterocycles. The van der Waals surface area contributed by atoms with Crippen LogP contribution in [0.3, 0.4) is 0 Å². The topological polar surface area (TPSA) is 66.9 Å². The Hall–Kier alpha value is -2.21. The first-order chi connectivity index (χ1) is 12.1. The van der Waals surface area contributed by atoms with Crippen LogP contribution in [0.4, 0.5) is 0 Å². The van der Waals surface area contributed by atoms with Gasteiger partial charge in [-0.2, -0.15) is 0 Å². The number of carbonyl (C=O) groups is 3. The summed E-state index contributed by atoms with van der Waals surface area (Å²) in [5.74, 6) is -0.689.